The van der Waals surface area contributed by atoms with E-state index in [-0.39, 0.29) is 17.6 Å². The number of aromatic carboxylic acids is 1. The number of fused-ring (bicyclic) bond motifs is 1. The van der Waals surface area contributed by atoms with Gasteiger partial charge in [0.1, 0.15) is 0 Å². The van der Waals surface area contributed by atoms with Gasteiger partial charge in [0.2, 0.25) is 0 Å². The zero-order valence-corrected chi connectivity index (χ0v) is 10.5. The summed E-state index contributed by atoms with van der Waals surface area (Å²) in [6.45, 7) is 2.24. The van der Waals surface area contributed by atoms with Crippen molar-refractivity contribution < 1.29 is 14.7 Å². The largest absolute Gasteiger partial charge is 0.478 e. The SMILES string of the molecule is C#CC(C)NC(=O)N1CCc2ccc(C(=O)O)cc21. The molecule has 0 fully saturated rings. The molecule has 0 aromatic heterocycles. The molecule has 2 rings (SSSR count). The van der Waals surface area contributed by atoms with E-state index in [2.05, 4.69) is 11.2 Å². The number of carbonyl (C=O) groups is 2. The normalized spacial score (nSPS) is 14.4. The van der Waals surface area contributed by atoms with E-state index in [4.69, 9.17) is 11.5 Å². The minimum absolute atomic E-state index is 0.170. The van der Waals surface area contributed by atoms with Crippen molar-refractivity contribution in [2.24, 2.45) is 0 Å². The fourth-order valence-electron chi connectivity index (χ4n) is 2.03. The molecule has 1 aromatic carbocycles. The zero-order valence-electron chi connectivity index (χ0n) is 10.5. The number of carboxylic acids is 1. The van der Waals surface area contributed by atoms with Gasteiger partial charge in [0, 0.05) is 12.2 Å². The van der Waals surface area contributed by atoms with Crippen LogP contribution in [0.2, 0.25) is 0 Å². The van der Waals surface area contributed by atoms with Gasteiger partial charge in [-0.25, -0.2) is 9.59 Å². The highest BCUT2D eigenvalue weighted by molar-refractivity contribution is 5.97. The van der Waals surface area contributed by atoms with Crippen LogP contribution in [-0.4, -0.2) is 29.7 Å². The Morgan fingerprint density at radius 3 is 2.89 bits per heavy atom. The molecule has 0 saturated heterocycles. The van der Waals surface area contributed by atoms with Crippen molar-refractivity contribution in [1.29, 1.82) is 0 Å². The van der Waals surface area contributed by atoms with E-state index in [1.54, 1.807) is 19.1 Å². The molecule has 19 heavy (non-hydrogen) atoms. The van der Waals surface area contributed by atoms with Crippen molar-refractivity contribution >= 4 is 17.7 Å². The summed E-state index contributed by atoms with van der Waals surface area (Å²) in [5.74, 6) is 1.41. The van der Waals surface area contributed by atoms with Gasteiger partial charge in [-0.2, -0.15) is 0 Å². The first-order chi connectivity index (χ1) is 9.02. The van der Waals surface area contributed by atoms with Crippen molar-refractivity contribution in [3.8, 4) is 12.3 Å². The Balaban J connectivity index is 2.25. The molecule has 5 heteroatoms. The topological polar surface area (TPSA) is 69.6 Å². The Kier molecular flexibility index (Phi) is 3.43. The minimum Gasteiger partial charge on any atom is -0.478 e. The van der Waals surface area contributed by atoms with Gasteiger partial charge in [0.15, 0.2) is 0 Å². The summed E-state index contributed by atoms with van der Waals surface area (Å²) in [7, 11) is 0. The number of nitrogens with one attached hydrogen (secondary N) is 1. The van der Waals surface area contributed by atoms with Crippen LogP contribution in [0.15, 0.2) is 18.2 Å². The predicted octanol–water partition coefficient (Wildman–Crippen LogP) is 1.48. The molecule has 1 atom stereocenters. The molecule has 2 amide bonds. The molecule has 0 bridgehead atoms. The number of terminal acetylenes is 1. The van der Waals surface area contributed by atoms with Gasteiger partial charge in [-0.3, -0.25) is 4.90 Å². The number of rotatable bonds is 2. The van der Waals surface area contributed by atoms with Crippen LogP contribution < -0.4 is 10.2 Å². The quantitative estimate of drug-likeness (QED) is 0.789. The van der Waals surface area contributed by atoms with Crippen molar-refractivity contribution in [2.45, 2.75) is 19.4 Å². The molecule has 1 unspecified atom stereocenters. The highest BCUT2D eigenvalue weighted by Crippen LogP contribution is 2.29. The maximum absolute atomic E-state index is 12.0. The van der Waals surface area contributed by atoms with Gasteiger partial charge in [-0.05, 0) is 31.0 Å². The Morgan fingerprint density at radius 2 is 2.26 bits per heavy atom. The van der Waals surface area contributed by atoms with Gasteiger partial charge >= 0.3 is 12.0 Å². The third-order valence-corrected chi connectivity index (χ3v) is 3.06. The van der Waals surface area contributed by atoms with Crippen molar-refractivity contribution in [3.05, 3.63) is 29.3 Å². The molecule has 1 aliphatic heterocycles. The van der Waals surface area contributed by atoms with Gasteiger partial charge in [-0.15, -0.1) is 6.42 Å². The lowest BCUT2D eigenvalue weighted by Crippen LogP contribution is -2.42. The second-order valence-corrected chi connectivity index (χ2v) is 4.39. The van der Waals surface area contributed by atoms with Crippen LogP contribution in [0.25, 0.3) is 0 Å². The summed E-state index contributed by atoms with van der Waals surface area (Å²) in [5, 5.41) is 11.6. The monoisotopic (exact) mass is 258 g/mol. The summed E-state index contributed by atoms with van der Waals surface area (Å²) >= 11 is 0. The molecular formula is C14H14N2O3. The summed E-state index contributed by atoms with van der Waals surface area (Å²) in [6, 6.07) is 4.15. The third kappa shape index (κ3) is 2.52. The second kappa shape index (κ2) is 5.02. The number of hydrogen-bond donors (Lipinski definition) is 2. The van der Waals surface area contributed by atoms with Crippen LogP contribution in [0, 0.1) is 12.3 Å². The number of hydrogen-bond acceptors (Lipinski definition) is 2. The molecule has 1 aliphatic rings. The van der Waals surface area contributed by atoms with E-state index in [1.807, 2.05) is 0 Å². The molecule has 0 spiro atoms. The van der Waals surface area contributed by atoms with E-state index in [1.165, 1.54) is 11.0 Å². The summed E-state index contributed by atoms with van der Waals surface area (Å²) in [6.07, 6.45) is 5.93. The summed E-state index contributed by atoms with van der Waals surface area (Å²) in [4.78, 5) is 24.5. The average Bonchev–Trinajstić information content (AvgIpc) is 2.81. The standard InChI is InChI=1S/C14H14N2O3/c1-3-9(2)15-14(19)16-7-6-10-4-5-11(13(17)18)8-12(10)16/h1,4-5,8-9H,6-7H2,2H3,(H,15,19)(H,17,18). The fourth-order valence-corrected chi connectivity index (χ4v) is 2.03. The van der Waals surface area contributed by atoms with E-state index in [0.717, 1.165) is 5.56 Å². The number of nitrogens with zero attached hydrogens (tertiary/aromatic N) is 1. The smallest absolute Gasteiger partial charge is 0.335 e. The molecule has 2 N–H and O–H groups in total. The first-order valence-electron chi connectivity index (χ1n) is 5.93. The predicted molar refractivity (Wildman–Crippen MR) is 71.3 cm³/mol. The number of anilines is 1. The van der Waals surface area contributed by atoms with Crippen molar-refractivity contribution in [1.82, 2.24) is 5.32 Å². The van der Waals surface area contributed by atoms with Crippen LogP contribution >= 0.6 is 0 Å². The van der Waals surface area contributed by atoms with E-state index < -0.39 is 5.97 Å². The Hall–Kier alpha value is -2.48. The highest BCUT2D eigenvalue weighted by Gasteiger charge is 2.26. The van der Waals surface area contributed by atoms with Crippen molar-refractivity contribution in [2.75, 3.05) is 11.4 Å². The average molecular weight is 258 g/mol. The molecular weight excluding hydrogens is 244 g/mol. The molecule has 98 valence electrons. The van der Waals surface area contributed by atoms with Crippen LogP contribution in [0.5, 0.6) is 0 Å². The summed E-state index contributed by atoms with van der Waals surface area (Å²) in [5.41, 5.74) is 1.78. The van der Waals surface area contributed by atoms with Gasteiger partial charge < -0.3 is 10.4 Å². The number of benzene rings is 1. The van der Waals surface area contributed by atoms with Crippen LogP contribution in [0.3, 0.4) is 0 Å². The molecule has 0 saturated carbocycles. The van der Waals surface area contributed by atoms with E-state index >= 15 is 0 Å². The van der Waals surface area contributed by atoms with E-state index in [9.17, 15) is 9.59 Å². The first-order valence-corrected chi connectivity index (χ1v) is 5.93. The molecule has 0 aliphatic carbocycles. The van der Waals surface area contributed by atoms with Crippen LogP contribution in [0.4, 0.5) is 10.5 Å². The Labute approximate surface area is 111 Å². The molecule has 5 nitrogen and oxygen atoms in total. The van der Waals surface area contributed by atoms with Gasteiger partial charge in [0.05, 0.1) is 11.6 Å². The highest BCUT2D eigenvalue weighted by atomic mass is 16.4. The van der Waals surface area contributed by atoms with Crippen molar-refractivity contribution in [3.63, 3.8) is 0 Å². The lowest BCUT2D eigenvalue weighted by molar-refractivity contribution is 0.0697. The lowest BCUT2D eigenvalue weighted by Gasteiger charge is -2.19. The van der Waals surface area contributed by atoms with Crippen LogP contribution in [-0.2, 0) is 6.42 Å². The first kappa shape index (κ1) is 13.0. The third-order valence-electron chi connectivity index (χ3n) is 3.06. The number of amides is 2. The van der Waals surface area contributed by atoms with Gasteiger partial charge in [0.25, 0.3) is 0 Å². The number of carboxylic acid groups (broad SMARTS) is 1. The molecule has 0 radical (unpaired) electrons. The van der Waals surface area contributed by atoms with E-state index in [0.29, 0.717) is 18.7 Å². The Bertz CT molecular complexity index is 575. The second-order valence-electron chi connectivity index (χ2n) is 4.39. The maximum Gasteiger partial charge on any atom is 0.335 e. The van der Waals surface area contributed by atoms with Gasteiger partial charge in [-0.1, -0.05) is 12.0 Å². The number of carbonyl (C=O) groups excluding carboxylic acids is 1. The van der Waals surface area contributed by atoms with Crippen LogP contribution in [0.1, 0.15) is 22.8 Å². The summed E-state index contributed by atoms with van der Waals surface area (Å²) < 4.78 is 0. The lowest BCUT2D eigenvalue weighted by atomic mass is 10.1. The fraction of sp³-hybridized carbons (Fsp3) is 0.286. The molecule has 1 heterocycles. The maximum atomic E-state index is 12.0. The molecule has 1 aromatic rings. The number of urea groups is 1. The zero-order chi connectivity index (χ0) is 14.0. The Morgan fingerprint density at radius 1 is 1.53 bits per heavy atom. The minimum atomic E-state index is -1.01.